The topological polar surface area (TPSA) is 18.5 Å². The maximum absolute atomic E-state index is 3.45. The van der Waals surface area contributed by atoms with Crippen LogP contribution in [0.5, 0.6) is 0 Å². The standard InChI is InChI=1S/C8H15N3/c1-10-6-3-8-9-4-2-5-11(8)7-10/h2,5,8-9H,3-4,6-7H2,1H3. The monoisotopic (exact) mass is 153 g/mol. The summed E-state index contributed by atoms with van der Waals surface area (Å²) in [4.78, 5) is 4.70. The third kappa shape index (κ3) is 1.39. The molecule has 0 saturated carbocycles. The van der Waals surface area contributed by atoms with Gasteiger partial charge in [-0.15, -0.1) is 0 Å². The van der Waals surface area contributed by atoms with Crippen molar-refractivity contribution in [1.29, 1.82) is 0 Å². The number of fused-ring (bicyclic) bond motifs is 1. The van der Waals surface area contributed by atoms with Gasteiger partial charge in [0.2, 0.25) is 0 Å². The molecule has 1 atom stereocenters. The van der Waals surface area contributed by atoms with Crippen LogP contribution in [0.4, 0.5) is 0 Å². The Labute approximate surface area is 67.7 Å². The van der Waals surface area contributed by atoms with Gasteiger partial charge >= 0.3 is 0 Å². The predicted octanol–water partition coefficient (Wildman–Crippen LogP) is 0.0244. The van der Waals surface area contributed by atoms with E-state index in [0.717, 1.165) is 13.2 Å². The van der Waals surface area contributed by atoms with Gasteiger partial charge in [0, 0.05) is 13.1 Å². The second kappa shape index (κ2) is 2.83. The molecule has 1 fully saturated rings. The molecule has 0 spiro atoms. The van der Waals surface area contributed by atoms with Crippen molar-refractivity contribution in [2.75, 3.05) is 26.8 Å². The molecule has 0 aromatic heterocycles. The van der Waals surface area contributed by atoms with Gasteiger partial charge in [0.05, 0.1) is 12.8 Å². The largest absolute Gasteiger partial charge is 0.350 e. The summed E-state index contributed by atoms with van der Waals surface area (Å²) < 4.78 is 0. The first-order valence-electron chi connectivity index (χ1n) is 4.20. The van der Waals surface area contributed by atoms with Crippen molar-refractivity contribution >= 4 is 0 Å². The lowest BCUT2D eigenvalue weighted by molar-refractivity contribution is 0.0749. The van der Waals surface area contributed by atoms with Crippen molar-refractivity contribution in [2.45, 2.75) is 12.6 Å². The molecule has 2 aliphatic heterocycles. The van der Waals surface area contributed by atoms with Crippen LogP contribution < -0.4 is 5.32 Å². The minimum atomic E-state index is 0.594. The molecule has 11 heavy (non-hydrogen) atoms. The zero-order valence-electron chi connectivity index (χ0n) is 6.95. The van der Waals surface area contributed by atoms with E-state index >= 15 is 0 Å². The summed E-state index contributed by atoms with van der Waals surface area (Å²) in [6, 6.07) is 0. The molecule has 0 amide bonds. The van der Waals surface area contributed by atoms with Crippen LogP contribution in [0.25, 0.3) is 0 Å². The van der Waals surface area contributed by atoms with Crippen molar-refractivity contribution in [3.63, 3.8) is 0 Å². The molecule has 0 radical (unpaired) electrons. The summed E-state index contributed by atoms with van der Waals surface area (Å²) in [5.74, 6) is 0. The zero-order chi connectivity index (χ0) is 7.68. The summed E-state index contributed by atoms with van der Waals surface area (Å²) in [7, 11) is 2.17. The van der Waals surface area contributed by atoms with Gasteiger partial charge in [0.25, 0.3) is 0 Å². The molecule has 1 unspecified atom stereocenters. The maximum atomic E-state index is 3.45. The summed E-state index contributed by atoms with van der Waals surface area (Å²) in [5.41, 5.74) is 0. The van der Waals surface area contributed by atoms with E-state index in [9.17, 15) is 0 Å². The van der Waals surface area contributed by atoms with Crippen molar-refractivity contribution in [1.82, 2.24) is 15.1 Å². The highest BCUT2D eigenvalue weighted by Gasteiger charge is 2.22. The number of hydrogen-bond acceptors (Lipinski definition) is 3. The molecule has 2 aliphatic rings. The minimum Gasteiger partial charge on any atom is -0.350 e. The molecule has 0 bridgehead atoms. The molecule has 3 nitrogen and oxygen atoms in total. The Hall–Kier alpha value is -0.540. The van der Waals surface area contributed by atoms with Crippen LogP contribution in [-0.4, -0.2) is 42.8 Å². The van der Waals surface area contributed by atoms with E-state index in [2.05, 4.69) is 34.4 Å². The highest BCUT2D eigenvalue weighted by atomic mass is 15.4. The number of nitrogens with one attached hydrogen (secondary N) is 1. The Bertz CT molecular complexity index is 167. The fourth-order valence-electron chi connectivity index (χ4n) is 1.72. The Kier molecular flexibility index (Phi) is 1.84. The lowest BCUT2D eigenvalue weighted by Gasteiger charge is -2.41. The maximum Gasteiger partial charge on any atom is 0.0817 e. The van der Waals surface area contributed by atoms with Crippen LogP contribution in [0.3, 0.4) is 0 Å². The van der Waals surface area contributed by atoms with Gasteiger partial charge in [0.15, 0.2) is 0 Å². The molecule has 2 heterocycles. The lowest BCUT2D eigenvalue weighted by atomic mass is 10.2. The third-order valence-corrected chi connectivity index (χ3v) is 2.36. The number of nitrogens with zero attached hydrogens (tertiary/aromatic N) is 2. The SMILES string of the molecule is CN1CCC2NCC=CN2C1. The number of rotatable bonds is 0. The van der Waals surface area contributed by atoms with E-state index in [1.807, 2.05) is 0 Å². The molecule has 62 valence electrons. The van der Waals surface area contributed by atoms with Crippen LogP contribution in [0, 0.1) is 0 Å². The van der Waals surface area contributed by atoms with E-state index < -0.39 is 0 Å². The quantitative estimate of drug-likeness (QED) is 0.529. The molecular weight excluding hydrogens is 138 g/mol. The molecule has 0 aromatic carbocycles. The van der Waals surface area contributed by atoms with Gasteiger partial charge < -0.3 is 4.90 Å². The van der Waals surface area contributed by atoms with Crippen LogP contribution in [0.1, 0.15) is 6.42 Å². The van der Waals surface area contributed by atoms with Gasteiger partial charge in [-0.2, -0.15) is 0 Å². The second-order valence-corrected chi connectivity index (χ2v) is 3.33. The van der Waals surface area contributed by atoms with Crippen LogP contribution in [0.2, 0.25) is 0 Å². The minimum absolute atomic E-state index is 0.594. The predicted molar refractivity (Wildman–Crippen MR) is 44.9 cm³/mol. The lowest BCUT2D eigenvalue weighted by Crippen LogP contribution is -2.54. The van der Waals surface area contributed by atoms with Gasteiger partial charge in [-0.3, -0.25) is 10.2 Å². The molecule has 1 saturated heterocycles. The molecule has 1 N–H and O–H groups in total. The Morgan fingerprint density at radius 3 is 3.36 bits per heavy atom. The second-order valence-electron chi connectivity index (χ2n) is 3.33. The average Bonchev–Trinajstić information content (AvgIpc) is 2.04. The first kappa shape index (κ1) is 7.13. The van der Waals surface area contributed by atoms with Gasteiger partial charge in [-0.25, -0.2) is 0 Å². The van der Waals surface area contributed by atoms with E-state index in [1.165, 1.54) is 13.0 Å². The Balaban J connectivity index is 2.03. The van der Waals surface area contributed by atoms with Crippen molar-refractivity contribution in [3.05, 3.63) is 12.3 Å². The fraction of sp³-hybridized carbons (Fsp3) is 0.750. The van der Waals surface area contributed by atoms with E-state index in [4.69, 9.17) is 0 Å². The Morgan fingerprint density at radius 2 is 2.45 bits per heavy atom. The summed E-state index contributed by atoms with van der Waals surface area (Å²) in [5, 5.41) is 3.45. The van der Waals surface area contributed by atoms with Crippen molar-refractivity contribution in [2.24, 2.45) is 0 Å². The first-order chi connectivity index (χ1) is 5.36. The van der Waals surface area contributed by atoms with Gasteiger partial charge in [-0.05, 0) is 19.7 Å². The summed E-state index contributed by atoms with van der Waals surface area (Å²) in [6.45, 7) is 3.31. The summed E-state index contributed by atoms with van der Waals surface area (Å²) in [6.07, 6.45) is 6.21. The molecule has 0 aromatic rings. The van der Waals surface area contributed by atoms with Crippen LogP contribution >= 0.6 is 0 Å². The average molecular weight is 153 g/mol. The molecule has 2 rings (SSSR count). The van der Waals surface area contributed by atoms with E-state index in [1.54, 1.807) is 0 Å². The fourth-order valence-corrected chi connectivity index (χ4v) is 1.72. The highest BCUT2D eigenvalue weighted by Crippen LogP contribution is 2.12. The molecule has 3 heteroatoms. The smallest absolute Gasteiger partial charge is 0.0817 e. The van der Waals surface area contributed by atoms with E-state index in [-0.39, 0.29) is 0 Å². The number of hydrogen-bond donors (Lipinski definition) is 1. The molecule has 0 aliphatic carbocycles. The normalized spacial score (nSPS) is 32.1. The Morgan fingerprint density at radius 1 is 1.55 bits per heavy atom. The van der Waals surface area contributed by atoms with E-state index in [0.29, 0.717) is 6.17 Å². The third-order valence-electron chi connectivity index (χ3n) is 2.36. The van der Waals surface area contributed by atoms with Gasteiger partial charge in [-0.1, -0.05) is 6.08 Å². The van der Waals surface area contributed by atoms with Gasteiger partial charge in [0.1, 0.15) is 0 Å². The highest BCUT2D eigenvalue weighted by molar-refractivity contribution is 4.95. The van der Waals surface area contributed by atoms with Crippen LogP contribution in [0.15, 0.2) is 12.3 Å². The molecular formula is C8H15N3. The van der Waals surface area contributed by atoms with Crippen molar-refractivity contribution < 1.29 is 0 Å². The van der Waals surface area contributed by atoms with Crippen LogP contribution in [-0.2, 0) is 0 Å². The zero-order valence-corrected chi connectivity index (χ0v) is 6.95. The van der Waals surface area contributed by atoms with Crippen molar-refractivity contribution in [3.8, 4) is 0 Å². The first-order valence-corrected chi connectivity index (χ1v) is 4.20. The summed E-state index contributed by atoms with van der Waals surface area (Å²) >= 11 is 0.